The van der Waals surface area contributed by atoms with Gasteiger partial charge in [0, 0.05) is 31.7 Å². The number of hydrogen-bond donors (Lipinski definition) is 2. The Morgan fingerprint density at radius 2 is 1.71 bits per heavy atom. The van der Waals surface area contributed by atoms with E-state index in [4.69, 9.17) is 5.73 Å². The van der Waals surface area contributed by atoms with Crippen LogP contribution < -0.4 is 11.1 Å². The van der Waals surface area contributed by atoms with E-state index in [9.17, 15) is 9.59 Å². The normalized spacial score (nSPS) is 23.7. The number of carbonyl (C=O) groups is 2. The van der Waals surface area contributed by atoms with Crippen molar-refractivity contribution in [2.45, 2.75) is 76.7 Å². The summed E-state index contributed by atoms with van der Waals surface area (Å²) in [5.41, 5.74) is 8.73. The topological polar surface area (TPSA) is 78.7 Å². The molecule has 2 amide bonds. The van der Waals surface area contributed by atoms with Crippen molar-refractivity contribution in [3.05, 3.63) is 71.8 Å². The Morgan fingerprint density at radius 3 is 2.37 bits per heavy atom. The fourth-order valence-electron chi connectivity index (χ4n) is 5.62. The lowest BCUT2D eigenvalue weighted by atomic mass is 9.99. The number of fused-ring (bicyclic) bond motifs is 1. The molecule has 2 heterocycles. The Balaban J connectivity index is 1.50. The Kier molecular flexibility index (Phi) is 8.58. The summed E-state index contributed by atoms with van der Waals surface area (Å²) in [6.07, 6.45) is 4.15. The van der Waals surface area contributed by atoms with E-state index in [2.05, 4.69) is 48.3 Å². The Bertz CT molecular complexity index is 965. The van der Waals surface area contributed by atoms with Crippen LogP contribution in [0.4, 0.5) is 0 Å². The average Bonchev–Trinajstić information content (AvgIpc) is 3.20. The average molecular weight is 477 g/mol. The van der Waals surface area contributed by atoms with Gasteiger partial charge in [-0.3, -0.25) is 14.5 Å². The number of nitrogens with one attached hydrogen (secondary N) is 1. The van der Waals surface area contributed by atoms with E-state index in [1.54, 1.807) is 0 Å². The second-order valence-corrected chi connectivity index (χ2v) is 10.6. The first-order valence-electron chi connectivity index (χ1n) is 13.1. The second-order valence-electron chi connectivity index (χ2n) is 10.6. The van der Waals surface area contributed by atoms with Gasteiger partial charge in [0.25, 0.3) is 0 Å². The molecule has 4 rings (SSSR count). The van der Waals surface area contributed by atoms with Crippen molar-refractivity contribution in [3.63, 3.8) is 0 Å². The summed E-state index contributed by atoms with van der Waals surface area (Å²) in [7, 11) is 0. The van der Waals surface area contributed by atoms with Gasteiger partial charge >= 0.3 is 0 Å². The lowest BCUT2D eigenvalue weighted by Crippen LogP contribution is -2.53. The molecule has 0 bridgehead atoms. The van der Waals surface area contributed by atoms with E-state index in [0.29, 0.717) is 31.8 Å². The van der Waals surface area contributed by atoms with Crippen LogP contribution in [0, 0.1) is 5.92 Å². The monoisotopic (exact) mass is 476 g/mol. The van der Waals surface area contributed by atoms with Gasteiger partial charge in [0.1, 0.15) is 6.04 Å². The first-order valence-corrected chi connectivity index (χ1v) is 13.1. The van der Waals surface area contributed by atoms with Gasteiger partial charge in [0.05, 0.1) is 6.04 Å². The summed E-state index contributed by atoms with van der Waals surface area (Å²) in [5, 5.41) is 3.10. The van der Waals surface area contributed by atoms with E-state index in [1.807, 2.05) is 41.3 Å². The maximum Gasteiger partial charge on any atom is 0.243 e. The van der Waals surface area contributed by atoms with Gasteiger partial charge in [-0.25, -0.2) is 0 Å². The number of amides is 2. The van der Waals surface area contributed by atoms with Gasteiger partial charge in [-0.1, -0.05) is 74.5 Å². The van der Waals surface area contributed by atoms with Gasteiger partial charge in [-0.15, -0.1) is 0 Å². The van der Waals surface area contributed by atoms with Crippen LogP contribution in [-0.2, 0) is 22.6 Å². The molecule has 3 N–H and O–H groups in total. The second kappa shape index (κ2) is 11.8. The van der Waals surface area contributed by atoms with E-state index < -0.39 is 6.04 Å². The molecule has 2 aromatic carbocycles. The number of carbonyl (C=O) groups excluding carboxylic acids is 2. The van der Waals surface area contributed by atoms with Gasteiger partial charge < -0.3 is 16.0 Å². The van der Waals surface area contributed by atoms with Crippen LogP contribution in [0.3, 0.4) is 0 Å². The maximum absolute atomic E-state index is 13.8. The Hall–Kier alpha value is -2.70. The summed E-state index contributed by atoms with van der Waals surface area (Å²) in [6.45, 7) is 6.05. The Morgan fingerprint density at radius 1 is 1.06 bits per heavy atom. The molecule has 35 heavy (non-hydrogen) atoms. The zero-order valence-electron chi connectivity index (χ0n) is 21.1. The number of rotatable bonds is 9. The highest BCUT2D eigenvalue weighted by Gasteiger charge is 2.45. The van der Waals surface area contributed by atoms with Crippen LogP contribution in [-0.4, -0.2) is 58.9 Å². The third kappa shape index (κ3) is 6.50. The summed E-state index contributed by atoms with van der Waals surface area (Å²) in [6, 6.07) is 20.0. The lowest BCUT2D eigenvalue weighted by Gasteiger charge is -2.33. The van der Waals surface area contributed by atoms with Crippen LogP contribution in [0.2, 0.25) is 0 Å². The quantitative estimate of drug-likeness (QED) is 0.582. The molecule has 2 aliphatic rings. The predicted molar refractivity (Wildman–Crippen MR) is 139 cm³/mol. The van der Waals surface area contributed by atoms with Crippen LogP contribution in [0.25, 0.3) is 0 Å². The molecular weight excluding hydrogens is 436 g/mol. The van der Waals surface area contributed by atoms with Crippen molar-refractivity contribution in [1.82, 2.24) is 15.1 Å². The highest BCUT2D eigenvalue weighted by atomic mass is 16.2. The molecule has 0 spiro atoms. The SMILES string of the molecule is CC(C)C[C@H](C(=O)NCc1ccccc1)N1CCC(CCc2ccccc2)N2C[C@H](N)C[C@H]2C1=O. The molecule has 2 fully saturated rings. The minimum absolute atomic E-state index is 0.00131. The largest absolute Gasteiger partial charge is 0.350 e. The molecule has 4 atom stereocenters. The minimum Gasteiger partial charge on any atom is -0.350 e. The van der Waals surface area contributed by atoms with Gasteiger partial charge in [-0.2, -0.15) is 0 Å². The first-order chi connectivity index (χ1) is 16.9. The molecule has 0 saturated carbocycles. The highest BCUT2D eigenvalue weighted by Crippen LogP contribution is 2.30. The number of nitrogens with zero attached hydrogens (tertiary/aromatic N) is 2. The molecule has 2 aliphatic heterocycles. The Labute approximate surface area is 209 Å². The zero-order chi connectivity index (χ0) is 24.8. The maximum atomic E-state index is 13.8. The van der Waals surface area contributed by atoms with Gasteiger partial charge in [0.2, 0.25) is 11.8 Å². The number of aryl methyl sites for hydroxylation is 1. The smallest absolute Gasteiger partial charge is 0.243 e. The molecule has 2 saturated heterocycles. The molecule has 6 nitrogen and oxygen atoms in total. The minimum atomic E-state index is -0.460. The van der Waals surface area contributed by atoms with E-state index in [0.717, 1.165) is 31.4 Å². The zero-order valence-corrected chi connectivity index (χ0v) is 21.1. The number of hydrogen-bond acceptors (Lipinski definition) is 4. The van der Waals surface area contributed by atoms with Crippen molar-refractivity contribution < 1.29 is 9.59 Å². The molecule has 1 unspecified atom stereocenters. The van der Waals surface area contributed by atoms with Crippen LogP contribution in [0.5, 0.6) is 0 Å². The van der Waals surface area contributed by atoms with Gasteiger partial charge in [0.15, 0.2) is 0 Å². The standard InChI is InChI=1S/C29H40N4O2/c1-21(2)17-26(28(34)31-19-23-11-7-4-8-12-23)32-16-15-25(14-13-22-9-5-3-6-10-22)33-20-24(30)18-27(33)29(32)35/h3-12,21,24-27H,13-20,30H2,1-2H3,(H,31,34)/t24-,25?,26-,27+/m1/s1. The van der Waals surface area contributed by atoms with Crippen molar-refractivity contribution in [2.75, 3.05) is 13.1 Å². The molecular formula is C29H40N4O2. The van der Waals surface area contributed by atoms with Gasteiger partial charge in [-0.05, 0) is 49.1 Å². The van der Waals surface area contributed by atoms with E-state index in [-0.39, 0.29) is 29.9 Å². The molecule has 188 valence electrons. The van der Waals surface area contributed by atoms with Crippen LogP contribution in [0.1, 0.15) is 50.7 Å². The fourth-order valence-corrected chi connectivity index (χ4v) is 5.62. The summed E-state index contributed by atoms with van der Waals surface area (Å²) >= 11 is 0. The number of benzene rings is 2. The van der Waals surface area contributed by atoms with Crippen LogP contribution >= 0.6 is 0 Å². The third-order valence-electron chi connectivity index (χ3n) is 7.40. The lowest BCUT2D eigenvalue weighted by molar-refractivity contribution is -0.143. The van der Waals surface area contributed by atoms with Crippen LogP contribution in [0.15, 0.2) is 60.7 Å². The highest BCUT2D eigenvalue weighted by molar-refractivity contribution is 5.90. The van der Waals surface area contributed by atoms with E-state index in [1.165, 1.54) is 5.56 Å². The first kappa shape index (κ1) is 25.4. The van der Waals surface area contributed by atoms with Crippen molar-refractivity contribution >= 4 is 11.8 Å². The summed E-state index contributed by atoms with van der Waals surface area (Å²) in [5.74, 6) is 0.308. The van der Waals surface area contributed by atoms with Crippen molar-refractivity contribution in [2.24, 2.45) is 11.7 Å². The molecule has 0 aliphatic carbocycles. The summed E-state index contributed by atoms with van der Waals surface area (Å²) in [4.78, 5) is 31.5. The molecule has 2 aromatic rings. The van der Waals surface area contributed by atoms with E-state index >= 15 is 0 Å². The third-order valence-corrected chi connectivity index (χ3v) is 7.40. The molecule has 0 radical (unpaired) electrons. The fraction of sp³-hybridized carbons (Fsp3) is 0.517. The van der Waals surface area contributed by atoms with Crippen molar-refractivity contribution in [1.29, 1.82) is 0 Å². The predicted octanol–water partition coefficient (Wildman–Crippen LogP) is 3.35. The molecule has 6 heteroatoms. The number of nitrogens with two attached hydrogens (primary N) is 1. The summed E-state index contributed by atoms with van der Waals surface area (Å²) < 4.78 is 0. The van der Waals surface area contributed by atoms with Crippen molar-refractivity contribution in [3.8, 4) is 0 Å². The molecule has 0 aromatic heterocycles.